The van der Waals surface area contributed by atoms with E-state index < -0.39 is 0 Å². The second-order valence-electron chi connectivity index (χ2n) is 8.08. The highest BCUT2D eigenvalue weighted by atomic mass is 35.5. The van der Waals surface area contributed by atoms with Gasteiger partial charge in [-0.15, -0.1) is 0 Å². The maximum atomic E-state index is 12.5. The molecule has 3 N–H and O–H groups in total. The first kappa shape index (κ1) is 26.0. The minimum atomic E-state index is -0.319. The topological polar surface area (TPSA) is 91.9 Å². The normalized spacial score (nSPS) is 13.7. The third-order valence-corrected chi connectivity index (χ3v) is 6.46. The standard InChI is InChI=1S/C24H31ClN4O4S/c1-29(34-33-28-24(31)27-19-6-4-3-5-7-19)20-11-8-17(9-12-20)14-15-26-23(30)21-16-18(25)10-13-22(21)32-2/h8-13,16,19H,3-7,14-15H2,1-2H3,(H,26,30)(H2,27,28,31). The Morgan fingerprint density at radius 1 is 1.12 bits per heavy atom. The molecular weight excluding hydrogens is 476 g/mol. The van der Waals surface area contributed by atoms with Crippen LogP contribution in [0.3, 0.4) is 0 Å². The fraction of sp³-hybridized carbons (Fsp3) is 0.417. The summed E-state index contributed by atoms with van der Waals surface area (Å²) < 4.78 is 12.3. The number of carbonyl (C=O) groups excluding carboxylic acids is 2. The van der Waals surface area contributed by atoms with E-state index in [0.717, 1.165) is 49.2 Å². The summed E-state index contributed by atoms with van der Waals surface area (Å²) in [7, 11) is 3.36. The highest BCUT2D eigenvalue weighted by molar-refractivity contribution is 7.96. The summed E-state index contributed by atoms with van der Waals surface area (Å²) in [4.78, 5) is 24.4. The molecular formula is C24H31ClN4O4S. The van der Waals surface area contributed by atoms with Gasteiger partial charge >= 0.3 is 6.03 Å². The molecule has 0 bridgehead atoms. The monoisotopic (exact) mass is 506 g/mol. The Morgan fingerprint density at radius 2 is 1.85 bits per heavy atom. The second-order valence-corrected chi connectivity index (χ2v) is 9.38. The molecule has 0 radical (unpaired) electrons. The smallest absolute Gasteiger partial charge is 0.339 e. The minimum Gasteiger partial charge on any atom is -0.496 e. The van der Waals surface area contributed by atoms with Crippen LogP contribution < -0.4 is 25.2 Å². The van der Waals surface area contributed by atoms with E-state index in [4.69, 9.17) is 20.6 Å². The molecule has 0 unspecified atom stereocenters. The van der Waals surface area contributed by atoms with Crippen molar-refractivity contribution in [3.8, 4) is 5.75 Å². The number of rotatable bonds is 10. The molecule has 0 heterocycles. The number of urea groups is 1. The van der Waals surface area contributed by atoms with Crippen LogP contribution in [0, 0.1) is 0 Å². The van der Waals surface area contributed by atoms with Crippen LogP contribution in [-0.2, 0) is 10.7 Å². The van der Waals surface area contributed by atoms with Gasteiger partial charge in [-0.2, -0.15) is 4.28 Å². The number of nitrogens with one attached hydrogen (secondary N) is 3. The molecule has 34 heavy (non-hydrogen) atoms. The van der Waals surface area contributed by atoms with E-state index in [1.54, 1.807) is 22.5 Å². The summed E-state index contributed by atoms with van der Waals surface area (Å²) in [6.07, 6.45) is 6.26. The number of hydrogen-bond donors (Lipinski definition) is 3. The number of ether oxygens (including phenoxy) is 1. The van der Waals surface area contributed by atoms with Gasteiger partial charge in [0.05, 0.1) is 12.7 Å². The molecule has 1 saturated carbocycles. The van der Waals surface area contributed by atoms with E-state index in [0.29, 0.717) is 29.3 Å². The van der Waals surface area contributed by atoms with Crippen molar-refractivity contribution in [2.24, 2.45) is 0 Å². The van der Waals surface area contributed by atoms with E-state index in [-0.39, 0.29) is 18.0 Å². The number of methoxy groups -OCH3 is 1. The van der Waals surface area contributed by atoms with Gasteiger partial charge in [0, 0.05) is 30.3 Å². The number of hydrogen-bond acceptors (Lipinski definition) is 6. The van der Waals surface area contributed by atoms with Gasteiger partial charge in [-0.25, -0.2) is 10.3 Å². The molecule has 10 heteroatoms. The highest BCUT2D eigenvalue weighted by Crippen LogP contribution is 2.23. The van der Waals surface area contributed by atoms with Crippen LogP contribution in [0.1, 0.15) is 48.0 Å². The molecule has 1 fully saturated rings. The minimum absolute atomic E-state index is 0.227. The van der Waals surface area contributed by atoms with Crippen LogP contribution in [0.4, 0.5) is 10.5 Å². The van der Waals surface area contributed by atoms with Gasteiger partial charge in [-0.1, -0.05) is 43.0 Å². The average molecular weight is 507 g/mol. The van der Waals surface area contributed by atoms with E-state index in [9.17, 15) is 9.59 Å². The van der Waals surface area contributed by atoms with Crippen molar-refractivity contribution in [2.45, 2.75) is 44.6 Å². The molecule has 2 aromatic rings. The van der Waals surface area contributed by atoms with Crippen LogP contribution in [0.15, 0.2) is 42.5 Å². The van der Waals surface area contributed by atoms with Crippen molar-refractivity contribution in [1.29, 1.82) is 0 Å². The lowest BCUT2D eigenvalue weighted by Gasteiger charge is -2.23. The molecule has 0 saturated heterocycles. The summed E-state index contributed by atoms with van der Waals surface area (Å²) >= 11 is 7.03. The Hall–Kier alpha value is -2.62. The van der Waals surface area contributed by atoms with Crippen LogP contribution in [0.5, 0.6) is 5.75 Å². The maximum absolute atomic E-state index is 12.5. The van der Waals surface area contributed by atoms with Crippen molar-refractivity contribution in [3.05, 3.63) is 58.6 Å². The van der Waals surface area contributed by atoms with E-state index in [1.807, 2.05) is 31.3 Å². The van der Waals surface area contributed by atoms with Gasteiger partial charge in [-0.05, 0) is 55.2 Å². The van der Waals surface area contributed by atoms with E-state index in [1.165, 1.54) is 13.5 Å². The average Bonchev–Trinajstić information content (AvgIpc) is 2.85. The summed E-state index contributed by atoms with van der Waals surface area (Å²) in [6, 6.07) is 12.7. The number of carbonyl (C=O) groups is 2. The first-order valence-corrected chi connectivity index (χ1v) is 12.4. The number of anilines is 1. The molecule has 0 spiro atoms. The maximum Gasteiger partial charge on any atom is 0.339 e. The van der Waals surface area contributed by atoms with Gasteiger partial charge in [0.2, 0.25) is 0 Å². The third-order valence-electron chi connectivity index (χ3n) is 5.63. The predicted molar refractivity (Wildman–Crippen MR) is 136 cm³/mol. The van der Waals surface area contributed by atoms with Crippen LogP contribution in [-0.4, -0.2) is 38.7 Å². The molecule has 2 aromatic carbocycles. The number of hydroxylamine groups is 1. The Kier molecular flexibility index (Phi) is 10.2. The fourth-order valence-corrected chi connectivity index (χ4v) is 4.37. The molecule has 0 aliphatic heterocycles. The summed E-state index contributed by atoms with van der Waals surface area (Å²) in [5.41, 5.74) is 4.82. The van der Waals surface area contributed by atoms with Crippen molar-refractivity contribution in [3.63, 3.8) is 0 Å². The Labute approximate surface area is 210 Å². The van der Waals surface area contributed by atoms with Crippen LogP contribution in [0.25, 0.3) is 0 Å². The molecule has 0 aromatic heterocycles. The van der Waals surface area contributed by atoms with Crippen molar-refractivity contribution < 1.29 is 18.6 Å². The van der Waals surface area contributed by atoms with Gasteiger partial charge in [-0.3, -0.25) is 9.10 Å². The lowest BCUT2D eigenvalue weighted by Crippen LogP contribution is -2.42. The number of nitrogens with zero attached hydrogens (tertiary/aromatic N) is 1. The molecule has 1 aliphatic rings. The molecule has 3 amide bonds. The summed E-state index contributed by atoms with van der Waals surface area (Å²) in [5.74, 6) is 0.249. The van der Waals surface area contributed by atoms with Crippen molar-refractivity contribution in [2.75, 3.05) is 25.0 Å². The second kappa shape index (κ2) is 13.3. The number of halogens is 1. The Bertz CT molecular complexity index is 954. The third kappa shape index (κ3) is 8.00. The lowest BCUT2D eigenvalue weighted by atomic mass is 9.96. The van der Waals surface area contributed by atoms with E-state index in [2.05, 4.69) is 16.1 Å². The molecule has 1 aliphatic carbocycles. The molecule has 3 rings (SSSR count). The van der Waals surface area contributed by atoms with Crippen LogP contribution >= 0.6 is 23.8 Å². The van der Waals surface area contributed by atoms with Gasteiger partial charge < -0.3 is 15.4 Å². The lowest BCUT2D eigenvalue weighted by molar-refractivity contribution is 0.0951. The molecule has 8 nitrogen and oxygen atoms in total. The van der Waals surface area contributed by atoms with Crippen molar-refractivity contribution >= 4 is 41.5 Å². The zero-order chi connectivity index (χ0) is 24.3. The zero-order valence-corrected chi connectivity index (χ0v) is 21.0. The van der Waals surface area contributed by atoms with Gasteiger partial charge in [0.1, 0.15) is 18.0 Å². The molecule has 184 valence electrons. The van der Waals surface area contributed by atoms with Crippen molar-refractivity contribution in [1.82, 2.24) is 16.1 Å². The number of amides is 3. The van der Waals surface area contributed by atoms with E-state index >= 15 is 0 Å². The first-order chi connectivity index (χ1) is 16.5. The fourth-order valence-electron chi connectivity index (χ4n) is 3.76. The zero-order valence-electron chi connectivity index (χ0n) is 19.4. The Balaban J connectivity index is 1.38. The quantitative estimate of drug-likeness (QED) is 0.241. The molecule has 0 atom stereocenters. The predicted octanol–water partition coefficient (Wildman–Crippen LogP) is 4.88. The van der Waals surface area contributed by atoms with Crippen LogP contribution in [0.2, 0.25) is 5.02 Å². The van der Waals surface area contributed by atoms with Gasteiger partial charge in [0.15, 0.2) is 0 Å². The summed E-state index contributed by atoms with van der Waals surface area (Å²) in [5, 5.41) is 6.31. The number of benzene rings is 2. The summed E-state index contributed by atoms with van der Waals surface area (Å²) in [6.45, 7) is 0.474. The SMILES string of the molecule is COc1ccc(Cl)cc1C(=O)NCCc1ccc(N(C)SONC(=O)NC2CCCCC2)cc1. The largest absolute Gasteiger partial charge is 0.496 e. The highest BCUT2D eigenvalue weighted by Gasteiger charge is 2.16. The first-order valence-electron chi connectivity index (χ1n) is 11.3. The Morgan fingerprint density at radius 3 is 2.56 bits per heavy atom. The van der Waals surface area contributed by atoms with Gasteiger partial charge in [0.25, 0.3) is 5.91 Å².